The predicted molar refractivity (Wildman–Crippen MR) is 114 cm³/mol. The summed E-state index contributed by atoms with van der Waals surface area (Å²) in [6.07, 6.45) is -3.37. The summed E-state index contributed by atoms with van der Waals surface area (Å²) in [5, 5.41) is 9.22. The first kappa shape index (κ1) is 24.6. The minimum atomic E-state index is -4.70. The molecule has 1 fully saturated rings. The molecule has 2 N–H and O–H groups in total. The normalized spacial score (nSPS) is 17.0. The summed E-state index contributed by atoms with van der Waals surface area (Å²) in [7, 11) is -1.79. The molecule has 0 spiro atoms. The smallest absolute Gasteiger partial charge is 0.416 e. The quantitative estimate of drug-likeness (QED) is 0.610. The van der Waals surface area contributed by atoms with Gasteiger partial charge in [-0.2, -0.15) is 13.2 Å². The molecule has 1 aliphatic heterocycles. The summed E-state index contributed by atoms with van der Waals surface area (Å²) in [5.74, 6) is -1.52. The Morgan fingerprint density at radius 1 is 1.18 bits per heavy atom. The molecule has 8 nitrogen and oxygen atoms in total. The summed E-state index contributed by atoms with van der Waals surface area (Å²) in [5.41, 5.74) is -1.39. The monoisotopic (exact) mass is 488 g/mol. The van der Waals surface area contributed by atoms with Gasteiger partial charge in [0.25, 0.3) is 10.0 Å². The van der Waals surface area contributed by atoms with Gasteiger partial charge >= 0.3 is 12.1 Å². The number of carboxylic acid groups (broad SMARTS) is 1. The Labute approximate surface area is 189 Å². The lowest BCUT2D eigenvalue weighted by molar-refractivity contribution is -0.137. The molecular formula is C21H23F3N2O6S. The van der Waals surface area contributed by atoms with Crippen molar-refractivity contribution in [2.24, 2.45) is 0 Å². The standard InChI is InChI=1S/C21H23F3N2O6S/c1-31-15-4-3-9-26(12-15)17-7-6-14(21(22,23)24)11-16(17)25-33(29,30)19-10-13(20(27)28)5-8-18(19)32-2/h5-8,10-11,15,25H,3-4,9,12H2,1-2H3,(H,27,28). The average molecular weight is 488 g/mol. The van der Waals surface area contributed by atoms with E-state index in [0.29, 0.717) is 19.5 Å². The van der Waals surface area contributed by atoms with Gasteiger partial charge in [-0.1, -0.05) is 0 Å². The molecule has 1 saturated heterocycles. The number of methoxy groups -OCH3 is 2. The molecular weight excluding hydrogens is 465 g/mol. The van der Waals surface area contributed by atoms with E-state index in [0.717, 1.165) is 30.7 Å². The number of carboxylic acids is 1. The van der Waals surface area contributed by atoms with Crippen LogP contribution in [-0.4, -0.2) is 52.9 Å². The fraction of sp³-hybridized carbons (Fsp3) is 0.381. The van der Waals surface area contributed by atoms with Crippen molar-refractivity contribution >= 4 is 27.4 Å². The zero-order valence-corrected chi connectivity index (χ0v) is 18.7. The number of ether oxygens (including phenoxy) is 2. The zero-order chi connectivity index (χ0) is 24.4. The van der Waals surface area contributed by atoms with Gasteiger partial charge in [-0.15, -0.1) is 0 Å². The largest absolute Gasteiger partial charge is 0.495 e. The maximum absolute atomic E-state index is 13.4. The Bertz CT molecular complexity index is 1140. The third-order valence-electron chi connectivity index (χ3n) is 5.32. The van der Waals surface area contributed by atoms with Crippen molar-refractivity contribution in [3.8, 4) is 5.75 Å². The van der Waals surface area contributed by atoms with Gasteiger partial charge in [0.1, 0.15) is 10.6 Å². The molecule has 0 radical (unpaired) electrons. The van der Waals surface area contributed by atoms with E-state index in [4.69, 9.17) is 9.47 Å². The van der Waals surface area contributed by atoms with E-state index in [-0.39, 0.29) is 28.8 Å². The first-order valence-corrected chi connectivity index (χ1v) is 11.4. The van der Waals surface area contributed by atoms with Crippen LogP contribution in [0, 0.1) is 0 Å². The number of hydrogen-bond donors (Lipinski definition) is 2. The van der Waals surface area contributed by atoms with Crippen LogP contribution in [-0.2, 0) is 20.9 Å². The first-order chi connectivity index (χ1) is 15.5. The van der Waals surface area contributed by atoms with Crippen LogP contribution in [0.1, 0.15) is 28.8 Å². The van der Waals surface area contributed by atoms with Crippen molar-refractivity contribution in [3.05, 3.63) is 47.5 Å². The van der Waals surface area contributed by atoms with Crippen LogP contribution in [0.25, 0.3) is 0 Å². The van der Waals surface area contributed by atoms with Crippen LogP contribution >= 0.6 is 0 Å². The molecule has 2 aromatic rings. The first-order valence-electron chi connectivity index (χ1n) is 9.89. The summed E-state index contributed by atoms with van der Waals surface area (Å²) in [4.78, 5) is 12.6. The number of hydrogen-bond acceptors (Lipinski definition) is 6. The van der Waals surface area contributed by atoms with Crippen LogP contribution in [0.15, 0.2) is 41.3 Å². The number of halogens is 3. The summed E-state index contributed by atoms with van der Waals surface area (Å²) < 4.78 is 79.1. The number of rotatable bonds is 7. The minimum Gasteiger partial charge on any atom is -0.495 e. The SMILES string of the molecule is COc1ccc(C(=O)O)cc1S(=O)(=O)Nc1cc(C(F)(F)F)ccc1N1CCCC(OC)C1. The molecule has 0 aromatic heterocycles. The highest BCUT2D eigenvalue weighted by atomic mass is 32.2. The van der Waals surface area contributed by atoms with Gasteiger partial charge in [0.05, 0.1) is 35.7 Å². The third-order valence-corrected chi connectivity index (χ3v) is 6.71. The van der Waals surface area contributed by atoms with E-state index in [1.807, 2.05) is 0 Å². The van der Waals surface area contributed by atoms with Crippen molar-refractivity contribution in [3.63, 3.8) is 0 Å². The number of carbonyl (C=O) groups is 1. The van der Waals surface area contributed by atoms with E-state index in [2.05, 4.69) is 4.72 Å². The number of piperidine rings is 1. The van der Waals surface area contributed by atoms with Crippen molar-refractivity contribution in [1.82, 2.24) is 0 Å². The van der Waals surface area contributed by atoms with E-state index in [9.17, 15) is 31.5 Å². The van der Waals surface area contributed by atoms with Gasteiger partial charge in [-0.25, -0.2) is 13.2 Å². The number of anilines is 2. The second-order valence-corrected chi connectivity index (χ2v) is 9.10. The van der Waals surface area contributed by atoms with E-state index in [1.165, 1.54) is 26.4 Å². The van der Waals surface area contributed by atoms with Crippen molar-refractivity contribution in [2.75, 3.05) is 36.9 Å². The van der Waals surface area contributed by atoms with Gasteiger partial charge in [-0.3, -0.25) is 4.72 Å². The topological polar surface area (TPSA) is 105 Å². The summed E-state index contributed by atoms with van der Waals surface area (Å²) >= 11 is 0. The molecule has 2 aromatic carbocycles. The van der Waals surface area contributed by atoms with Crippen molar-refractivity contribution < 1.29 is 41.0 Å². The average Bonchev–Trinajstić information content (AvgIpc) is 2.77. The lowest BCUT2D eigenvalue weighted by Gasteiger charge is -2.35. The number of benzene rings is 2. The van der Waals surface area contributed by atoms with Gasteiger partial charge in [0, 0.05) is 20.2 Å². The zero-order valence-electron chi connectivity index (χ0n) is 17.8. The fourth-order valence-corrected chi connectivity index (χ4v) is 4.90. The minimum absolute atomic E-state index is 0.154. The molecule has 180 valence electrons. The highest BCUT2D eigenvalue weighted by molar-refractivity contribution is 7.92. The maximum Gasteiger partial charge on any atom is 0.416 e. The Morgan fingerprint density at radius 2 is 1.91 bits per heavy atom. The lowest BCUT2D eigenvalue weighted by Crippen LogP contribution is -2.39. The number of alkyl halides is 3. The van der Waals surface area contributed by atoms with Crippen LogP contribution in [0.2, 0.25) is 0 Å². The van der Waals surface area contributed by atoms with Crippen molar-refractivity contribution in [2.45, 2.75) is 30.0 Å². The van der Waals surface area contributed by atoms with Gasteiger partial charge < -0.3 is 19.5 Å². The molecule has 1 aliphatic rings. The number of aromatic carboxylic acids is 1. The van der Waals surface area contributed by atoms with Crippen LogP contribution < -0.4 is 14.4 Å². The molecule has 1 atom stereocenters. The summed E-state index contributed by atoms with van der Waals surface area (Å²) in [6, 6.07) is 6.03. The number of nitrogens with zero attached hydrogens (tertiary/aromatic N) is 1. The molecule has 0 aliphatic carbocycles. The Morgan fingerprint density at radius 3 is 2.52 bits per heavy atom. The molecule has 0 bridgehead atoms. The van der Waals surface area contributed by atoms with E-state index >= 15 is 0 Å². The van der Waals surface area contributed by atoms with E-state index in [1.54, 1.807) is 4.90 Å². The fourth-order valence-electron chi connectivity index (χ4n) is 3.64. The van der Waals surface area contributed by atoms with Gasteiger partial charge in [-0.05, 0) is 49.2 Å². The second kappa shape index (κ2) is 9.48. The van der Waals surface area contributed by atoms with Crippen molar-refractivity contribution in [1.29, 1.82) is 0 Å². The second-order valence-electron chi connectivity index (χ2n) is 7.45. The lowest BCUT2D eigenvalue weighted by atomic mass is 10.1. The Kier molecular flexibility index (Phi) is 7.08. The molecule has 1 unspecified atom stereocenters. The molecule has 1 heterocycles. The van der Waals surface area contributed by atoms with Crippen LogP contribution in [0.3, 0.4) is 0 Å². The van der Waals surface area contributed by atoms with E-state index < -0.39 is 32.6 Å². The molecule has 0 amide bonds. The molecule has 0 saturated carbocycles. The molecule has 12 heteroatoms. The summed E-state index contributed by atoms with van der Waals surface area (Å²) in [6.45, 7) is 0.867. The highest BCUT2D eigenvalue weighted by Crippen LogP contribution is 2.38. The van der Waals surface area contributed by atoms with Gasteiger partial charge in [0.15, 0.2) is 0 Å². The van der Waals surface area contributed by atoms with Crippen LogP contribution in [0.4, 0.5) is 24.5 Å². The highest BCUT2D eigenvalue weighted by Gasteiger charge is 2.33. The van der Waals surface area contributed by atoms with Gasteiger partial charge in [0.2, 0.25) is 0 Å². The van der Waals surface area contributed by atoms with Crippen LogP contribution in [0.5, 0.6) is 5.75 Å². The Hall–Kier alpha value is -2.99. The molecule has 3 rings (SSSR count). The third kappa shape index (κ3) is 5.50. The number of sulfonamides is 1. The Balaban J connectivity index is 2.09. The maximum atomic E-state index is 13.4. The molecule has 33 heavy (non-hydrogen) atoms. The predicted octanol–water partition coefficient (Wildman–Crippen LogP) is 3.83. The number of nitrogens with one attached hydrogen (secondary N) is 1.